The van der Waals surface area contributed by atoms with Crippen LogP contribution in [-0.4, -0.2) is 5.78 Å². The van der Waals surface area contributed by atoms with Gasteiger partial charge in [0.25, 0.3) is 0 Å². The van der Waals surface area contributed by atoms with Gasteiger partial charge < -0.3 is 0 Å². The average molecular weight is 262 g/mol. The summed E-state index contributed by atoms with van der Waals surface area (Å²) in [7, 11) is 0. The molecule has 3 heteroatoms. The molecule has 19 heavy (non-hydrogen) atoms. The van der Waals surface area contributed by atoms with Crippen molar-refractivity contribution in [2.24, 2.45) is 29.6 Å². The lowest BCUT2D eigenvalue weighted by Gasteiger charge is -2.08. The number of rotatable bonds is 3. The van der Waals surface area contributed by atoms with Crippen molar-refractivity contribution in [3.63, 3.8) is 0 Å². The Labute approximate surface area is 111 Å². The number of ketones is 1. The SMILES string of the molecule is O=C(Cc1cccc(F)c1F)C1C2C3CCC(C3)C12. The van der Waals surface area contributed by atoms with Gasteiger partial charge in [0.2, 0.25) is 0 Å². The molecular weight excluding hydrogens is 246 g/mol. The van der Waals surface area contributed by atoms with Gasteiger partial charge in [-0.25, -0.2) is 8.78 Å². The van der Waals surface area contributed by atoms with Gasteiger partial charge >= 0.3 is 0 Å². The van der Waals surface area contributed by atoms with E-state index in [0.29, 0.717) is 11.8 Å². The maximum atomic E-state index is 13.6. The Morgan fingerprint density at radius 3 is 2.53 bits per heavy atom. The summed E-state index contributed by atoms with van der Waals surface area (Å²) in [4.78, 5) is 12.3. The second-order valence-corrected chi connectivity index (χ2v) is 6.37. The lowest BCUT2D eigenvalue weighted by molar-refractivity contribution is -0.120. The van der Waals surface area contributed by atoms with Crippen molar-refractivity contribution in [2.45, 2.75) is 25.7 Å². The Kier molecular flexibility index (Phi) is 2.36. The Bertz CT molecular complexity index is 538. The minimum absolute atomic E-state index is 0.0562. The number of carbonyl (C=O) groups is 1. The second-order valence-electron chi connectivity index (χ2n) is 6.37. The van der Waals surface area contributed by atoms with Crippen LogP contribution in [0.5, 0.6) is 0 Å². The van der Waals surface area contributed by atoms with Gasteiger partial charge in [-0.3, -0.25) is 4.79 Å². The molecule has 4 unspecified atom stereocenters. The first kappa shape index (κ1) is 11.6. The van der Waals surface area contributed by atoms with E-state index in [9.17, 15) is 13.6 Å². The van der Waals surface area contributed by atoms with Crippen LogP contribution in [0.4, 0.5) is 8.78 Å². The van der Waals surface area contributed by atoms with E-state index in [2.05, 4.69) is 0 Å². The largest absolute Gasteiger partial charge is 0.299 e. The van der Waals surface area contributed by atoms with E-state index in [-0.39, 0.29) is 23.7 Å². The molecule has 3 aliphatic rings. The predicted molar refractivity (Wildman–Crippen MR) is 66.4 cm³/mol. The van der Waals surface area contributed by atoms with Gasteiger partial charge in [0.15, 0.2) is 11.6 Å². The Morgan fingerprint density at radius 2 is 1.84 bits per heavy atom. The summed E-state index contributed by atoms with van der Waals surface area (Å²) in [5.74, 6) is 1.17. The molecule has 3 aliphatic carbocycles. The molecule has 0 amide bonds. The monoisotopic (exact) mass is 262 g/mol. The number of halogens is 2. The molecule has 0 heterocycles. The number of Topliss-reactive ketones (excluding diaryl/α,β-unsaturated/α-hetero) is 1. The molecule has 0 spiro atoms. The smallest absolute Gasteiger partial charge is 0.162 e. The molecule has 1 nitrogen and oxygen atoms in total. The van der Waals surface area contributed by atoms with Gasteiger partial charge in [0.1, 0.15) is 5.78 Å². The van der Waals surface area contributed by atoms with E-state index >= 15 is 0 Å². The van der Waals surface area contributed by atoms with Crippen LogP contribution in [0.25, 0.3) is 0 Å². The Hall–Kier alpha value is -1.25. The Morgan fingerprint density at radius 1 is 1.16 bits per heavy atom. The zero-order valence-electron chi connectivity index (χ0n) is 10.6. The van der Waals surface area contributed by atoms with Crippen molar-refractivity contribution in [1.29, 1.82) is 0 Å². The summed E-state index contributed by atoms with van der Waals surface area (Å²) in [5, 5.41) is 0. The van der Waals surface area contributed by atoms with E-state index in [1.54, 1.807) is 0 Å². The predicted octanol–water partition coefficient (Wildman–Crippen LogP) is 3.37. The van der Waals surface area contributed by atoms with Crippen molar-refractivity contribution in [1.82, 2.24) is 0 Å². The van der Waals surface area contributed by atoms with Gasteiger partial charge in [-0.05, 0) is 54.6 Å². The van der Waals surface area contributed by atoms with Crippen molar-refractivity contribution < 1.29 is 13.6 Å². The van der Waals surface area contributed by atoms with E-state index < -0.39 is 11.6 Å². The highest BCUT2D eigenvalue weighted by Crippen LogP contribution is 2.69. The Balaban J connectivity index is 1.50. The van der Waals surface area contributed by atoms with Crippen molar-refractivity contribution in [3.8, 4) is 0 Å². The molecule has 0 aromatic heterocycles. The number of benzene rings is 1. The first-order valence-electron chi connectivity index (χ1n) is 7.12. The zero-order chi connectivity index (χ0) is 13.1. The number of fused-ring (bicyclic) bond motifs is 5. The normalized spacial score (nSPS) is 38.3. The highest BCUT2D eigenvalue weighted by molar-refractivity contribution is 5.87. The van der Waals surface area contributed by atoms with Crippen LogP contribution < -0.4 is 0 Å². The third-order valence-electron chi connectivity index (χ3n) is 5.50. The van der Waals surface area contributed by atoms with Gasteiger partial charge in [0.05, 0.1) is 0 Å². The second kappa shape index (κ2) is 3.87. The van der Waals surface area contributed by atoms with Gasteiger partial charge in [0, 0.05) is 12.3 Å². The van der Waals surface area contributed by atoms with Gasteiger partial charge in [-0.2, -0.15) is 0 Å². The van der Waals surface area contributed by atoms with Crippen LogP contribution >= 0.6 is 0 Å². The topological polar surface area (TPSA) is 17.1 Å². The van der Waals surface area contributed by atoms with Crippen LogP contribution in [0.3, 0.4) is 0 Å². The van der Waals surface area contributed by atoms with Crippen LogP contribution in [-0.2, 0) is 11.2 Å². The highest BCUT2D eigenvalue weighted by atomic mass is 19.2. The summed E-state index contributed by atoms with van der Waals surface area (Å²) >= 11 is 0. The molecule has 3 fully saturated rings. The lowest BCUT2D eigenvalue weighted by atomic mass is 9.96. The summed E-state index contributed by atoms with van der Waals surface area (Å²) in [6.45, 7) is 0. The van der Waals surface area contributed by atoms with Crippen molar-refractivity contribution >= 4 is 5.78 Å². The molecule has 0 aliphatic heterocycles. The number of carbonyl (C=O) groups excluding carboxylic acids is 1. The average Bonchev–Trinajstić information content (AvgIpc) is 2.84. The molecule has 3 saturated carbocycles. The van der Waals surface area contributed by atoms with E-state index in [1.165, 1.54) is 31.4 Å². The molecule has 0 saturated heterocycles. The third-order valence-corrected chi connectivity index (χ3v) is 5.50. The fourth-order valence-corrected chi connectivity index (χ4v) is 4.75. The first-order valence-corrected chi connectivity index (χ1v) is 7.12. The summed E-state index contributed by atoms with van der Waals surface area (Å²) in [6, 6.07) is 4.08. The third kappa shape index (κ3) is 1.60. The van der Waals surface area contributed by atoms with Crippen LogP contribution in [0.15, 0.2) is 18.2 Å². The number of hydrogen-bond donors (Lipinski definition) is 0. The van der Waals surface area contributed by atoms with Crippen molar-refractivity contribution in [3.05, 3.63) is 35.4 Å². The fraction of sp³-hybridized carbons (Fsp3) is 0.562. The fourth-order valence-electron chi connectivity index (χ4n) is 4.75. The first-order chi connectivity index (χ1) is 9.16. The molecular formula is C16H16F2O. The maximum Gasteiger partial charge on any atom is 0.162 e. The molecule has 2 bridgehead atoms. The minimum atomic E-state index is -0.860. The summed E-state index contributed by atoms with van der Waals surface area (Å²) in [5.41, 5.74) is 0.210. The zero-order valence-corrected chi connectivity index (χ0v) is 10.6. The van der Waals surface area contributed by atoms with Crippen molar-refractivity contribution in [2.75, 3.05) is 0 Å². The molecule has 1 aromatic carbocycles. The lowest BCUT2D eigenvalue weighted by Crippen LogP contribution is -2.13. The van der Waals surface area contributed by atoms with Gasteiger partial charge in [-0.15, -0.1) is 0 Å². The van der Waals surface area contributed by atoms with E-state index in [1.807, 2.05) is 0 Å². The van der Waals surface area contributed by atoms with Gasteiger partial charge in [-0.1, -0.05) is 12.1 Å². The molecule has 1 aromatic rings. The van der Waals surface area contributed by atoms with Crippen LogP contribution in [0.1, 0.15) is 24.8 Å². The number of hydrogen-bond acceptors (Lipinski definition) is 1. The molecule has 0 N–H and O–H groups in total. The van der Waals surface area contributed by atoms with Crippen LogP contribution in [0.2, 0.25) is 0 Å². The van der Waals surface area contributed by atoms with E-state index in [0.717, 1.165) is 17.9 Å². The molecule has 0 radical (unpaired) electrons. The maximum absolute atomic E-state index is 13.6. The summed E-state index contributed by atoms with van der Waals surface area (Å²) in [6.07, 6.45) is 3.89. The standard InChI is InChI=1S/C16H16F2O/c17-11-3-1-2-10(16(11)18)7-12(19)15-13-8-4-5-9(6-8)14(13)15/h1-3,8-9,13-15H,4-7H2. The summed E-state index contributed by atoms with van der Waals surface area (Å²) < 4.78 is 26.7. The van der Waals surface area contributed by atoms with E-state index in [4.69, 9.17) is 0 Å². The highest BCUT2D eigenvalue weighted by Gasteiger charge is 2.66. The van der Waals surface area contributed by atoms with Crippen LogP contribution in [0, 0.1) is 41.2 Å². The minimum Gasteiger partial charge on any atom is -0.299 e. The molecule has 4 atom stereocenters. The molecule has 100 valence electrons. The molecule has 4 rings (SSSR count). The quantitative estimate of drug-likeness (QED) is 0.816.